The van der Waals surface area contributed by atoms with Gasteiger partial charge in [0.15, 0.2) is 5.78 Å². The molecule has 270 valence electrons. The smallest absolute Gasteiger partial charge is 0.411 e. The van der Waals surface area contributed by atoms with Crippen molar-refractivity contribution in [3.05, 3.63) is 76.6 Å². The number of hydrogen-bond donors (Lipinski definition) is 3. The molecule has 0 saturated carbocycles. The molecule has 2 atom stereocenters. The van der Waals surface area contributed by atoms with Gasteiger partial charge in [-0.3, -0.25) is 44.6 Å². The molecule has 0 radical (unpaired) electrons. The number of piperazine rings is 1. The molecule has 0 aromatic heterocycles. The Morgan fingerprint density at radius 2 is 1.71 bits per heavy atom. The van der Waals surface area contributed by atoms with Crippen LogP contribution in [0.5, 0.6) is 0 Å². The fourth-order valence-electron chi connectivity index (χ4n) is 6.95. The number of amides is 4. The summed E-state index contributed by atoms with van der Waals surface area (Å²) in [6.07, 6.45) is 2.11. The van der Waals surface area contributed by atoms with E-state index in [0.29, 0.717) is 48.4 Å². The molecule has 14 nitrogen and oxygen atoms in total. The van der Waals surface area contributed by atoms with Crippen LogP contribution in [0.25, 0.3) is 0 Å². The molecule has 2 fully saturated rings. The summed E-state index contributed by atoms with van der Waals surface area (Å²) in [4.78, 5) is 72.6. The minimum Gasteiger partial charge on any atom is -0.511 e. The first-order valence-corrected chi connectivity index (χ1v) is 17.5. The van der Waals surface area contributed by atoms with Gasteiger partial charge in [0.05, 0.1) is 25.3 Å². The molecule has 2 aromatic carbocycles. The first-order valence-electron chi connectivity index (χ1n) is 17.5. The standard InChI is InChI=1S/C37H44N6O8/c44-32-21-26(25-5-2-1-3-6-25)22-33(45)28(32)23-38-11-12-41-13-15-42(16-14-41)17-18-50-19-20-51-37(49)39-30-8-4-7-27-29(30)24-43(36(27)48)31-9-10-34(46)40-35(31)47/h1-8,23,26,31,44H,9-22,24H2,(H,39,49)(H,40,46,47). The van der Waals surface area contributed by atoms with Gasteiger partial charge < -0.3 is 19.5 Å². The lowest BCUT2D eigenvalue weighted by atomic mass is 9.83. The summed E-state index contributed by atoms with van der Waals surface area (Å²) < 4.78 is 11.0. The zero-order valence-electron chi connectivity index (χ0n) is 28.6. The molecule has 3 aliphatic heterocycles. The van der Waals surface area contributed by atoms with E-state index < -0.39 is 18.0 Å². The number of allylic oxidation sites excluding steroid dienone is 2. The summed E-state index contributed by atoms with van der Waals surface area (Å²) in [6.45, 7) is 6.59. The van der Waals surface area contributed by atoms with Gasteiger partial charge >= 0.3 is 6.09 Å². The van der Waals surface area contributed by atoms with Crippen molar-refractivity contribution in [1.29, 1.82) is 0 Å². The average Bonchev–Trinajstić information content (AvgIpc) is 3.46. The molecule has 1 aliphatic carbocycles. The van der Waals surface area contributed by atoms with Crippen LogP contribution in [0.2, 0.25) is 0 Å². The van der Waals surface area contributed by atoms with E-state index in [1.54, 1.807) is 18.2 Å². The van der Waals surface area contributed by atoms with E-state index in [4.69, 9.17) is 9.47 Å². The first-order chi connectivity index (χ1) is 24.8. The predicted octanol–water partition coefficient (Wildman–Crippen LogP) is 2.66. The third kappa shape index (κ3) is 9.06. The number of rotatable bonds is 13. The monoisotopic (exact) mass is 700 g/mol. The van der Waals surface area contributed by atoms with E-state index in [-0.39, 0.29) is 61.9 Å². The highest BCUT2D eigenvalue weighted by Crippen LogP contribution is 2.34. The van der Waals surface area contributed by atoms with Crippen molar-refractivity contribution in [2.24, 2.45) is 4.99 Å². The van der Waals surface area contributed by atoms with Crippen LogP contribution in [0.1, 0.15) is 53.1 Å². The fourth-order valence-corrected chi connectivity index (χ4v) is 6.95. The number of ether oxygens (including phenoxy) is 2. The number of aliphatic imine (C=N–C) groups is 1. The number of piperidine rings is 1. The van der Waals surface area contributed by atoms with Crippen LogP contribution in [-0.4, -0.2) is 127 Å². The molecule has 3 heterocycles. The van der Waals surface area contributed by atoms with Crippen molar-refractivity contribution < 1.29 is 38.6 Å². The molecule has 0 bridgehead atoms. The fraction of sp³-hybridized carbons (Fsp3) is 0.459. The molecular weight excluding hydrogens is 656 g/mol. The predicted molar refractivity (Wildman–Crippen MR) is 188 cm³/mol. The van der Waals surface area contributed by atoms with Crippen LogP contribution in [0.4, 0.5) is 10.5 Å². The third-order valence-corrected chi connectivity index (χ3v) is 9.82. The Hall–Kier alpha value is -4.92. The maximum atomic E-state index is 13.0. The Kier molecular flexibility index (Phi) is 11.9. The number of fused-ring (bicyclic) bond motifs is 1. The zero-order valence-corrected chi connectivity index (χ0v) is 28.6. The van der Waals surface area contributed by atoms with Crippen LogP contribution < -0.4 is 10.6 Å². The van der Waals surface area contributed by atoms with E-state index in [1.807, 2.05) is 30.3 Å². The lowest BCUT2D eigenvalue weighted by Crippen LogP contribution is -2.52. The number of imide groups is 1. The van der Waals surface area contributed by atoms with E-state index in [0.717, 1.165) is 44.8 Å². The van der Waals surface area contributed by atoms with E-state index in [2.05, 4.69) is 25.4 Å². The number of Topliss-reactive ketones (excluding diaryl/α,β-unsaturated/α-hetero) is 1. The number of carbonyl (C=O) groups excluding carboxylic acids is 5. The average molecular weight is 701 g/mol. The summed E-state index contributed by atoms with van der Waals surface area (Å²) in [7, 11) is 0. The number of ketones is 1. The molecule has 4 aliphatic rings. The van der Waals surface area contributed by atoms with Gasteiger partial charge in [0.25, 0.3) is 5.91 Å². The largest absolute Gasteiger partial charge is 0.511 e. The van der Waals surface area contributed by atoms with Crippen molar-refractivity contribution >= 4 is 41.5 Å². The van der Waals surface area contributed by atoms with Gasteiger partial charge in [-0.15, -0.1) is 0 Å². The van der Waals surface area contributed by atoms with Crippen molar-refractivity contribution in [2.75, 3.05) is 71.0 Å². The lowest BCUT2D eigenvalue weighted by Gasteiger charge is -2.34. The topological polar surface area (TPSA) is 170 Å². The van der Waals surface area contributed by atoms with Crippen molar-refractivity contribution in [3.63, 3.8) is 0 Å². The Labute approximate surface area is 296 Å². The first kappa shape index (κ1) is 35.9. The molecule has 3 N–H and O–H groups in total. The second-order valence-electron chi connectivity index (χ2n) is 13.1. The Morgan fingerprint density at radius 3 is 2.45 bits per heavy atom. The number of carbonyl (C=O) groups is 5. The number of aliphatic hydroxyl groups excluding tert-OH is 1. The van der Waals surface area contributed by atoms with Crippen LogP contribution in [-0.2, 0) is 30.4 Å². The highest BCUT2D eigenvalue weighted by molar-refractivity contribution is 6.14. The van der Waals surface area contributed by atoms with Crippen molar-refractivity contribution in [2.45, 2.75) is 44.2 Å². The quantitative estimate of drug-likeness (QED) is 0.160. The lowest BCUT2D eigenvalue weighted by molar-refractivity contribution is -0.137. The van der Waals surface area contributed by atoms with E-state index in [9.17, 15) is 29.1 Å². The Bertz CT molecular complexity index is 1690. The molecule has 2 saturated heterocycles. The van der Waals surface area contributed by atoms with Gasteiger partial charge in [0.2, 0.25) is 11.8 Å². The molecule has 0 spiro atoms. The van der Waals surface area contributed by atoms with E-state index in [1.165, 1.54) is 11.1 Å². The van der Waals surface area contributed by atoms with Gasteiger partial charge in [-0.05, 0) is 30.0 Å². The summed E-state index contributed by atoms with van der Waals surface area (Å²) in [5, 5.41) is 15.5. The van der Waals surface area contributed by atoms with Crippen molar-refractivity contribution in [3.8, 4) is 0 Å². The second kappa shape index (κ2) is 16.9. The van der Waals surface area contributed by atoms with Crippen LogP contribution in [0.3, 0.4) is 0 Å². The number of nitrogens with zero attached hydrogens (tertiary/aromatic N) is 4. The molecule has 6 rings (SSSR count). The summed E-state index contributed by atoms with van der Waals surface area (Å²) in [6, 6.07) is 14.1. The van der Waals surface area contributed by atoms with Crippen LogP contribution in [0, 0.1) is 0 Å². The maximum absolute atomic E-state index is 13.0. The number of aliphatic hydroxyl groups is 1. The number of benzene rings is 2. The Morgan fingerprint density at radius 1 is 0.941 bits per heavy atom. The molecule has 2 unspecified atom stereocenters. The number of nitrogens with one attached hydrogen (secondary N) is 2. The maximum Gasteiger partial charge on any atom is 0.411 e. The number of hydrogen-bond acceptors (Lipinski definition) is 11. The van der Waals surface area contributed by atoms with Gasteiger partial charge in [0, 0.05) is 88.1 Å². The molecule has 4 amide bonds. The molecule has 14 heteroatoms. The van der Waals surface area contributed by atoms with E-state index >= 15 is 0 Å². The van der Waals surface area contributed by atoms with Gasteiger partial charge in [0.1, 0.15) is 18.4 Å². The SMILES string of the molecule is O=C1CCC(N2Cc3c(NC(=O)OCCOCCN4CCN(CCN=CC5=C(O)CC(c6ccccc6)CC5=O)CC4)cccc3C2=O)C(=O)N1. The molecule has 51 heavy (non-hydrogen) atoms. The second-order valence-corrected chi connectivity index (χ2v) is 13.1. The minimum atomic E-state index is -0.738. The number of anilines is 1. The van der Waals surface area contributed by atoms with Gasteiger partial charge in [-0.2, -0.15) is 0 Å². The summed E-state index contributed by atoms with van der Waals surface area (Å²) >= 11 is 0. The normalized spacial score (nSPS) is 21.7. The molecular formula is C37H44N6O8. The van der Waals surface area contributed by atoms with Crippen molar-refractivity contribution in [1.82, 2.24) is 20.0 Å². The van der Waals surface area contributed by atoms with Gasteiger partial charge in [-0.25, -0.2) is 4.79 Å². The third-order valence-electron chi connectivity index (χ3n) is 9.82. The van der Waals surface area contributed by atoms with Crippen LogP contribution in [0.15, 0.2) is 64.9 Å². The Balaban J connectivity index is 0.830. The highest BCUT2D eigenvalue weighted by atomic mass is 16.6. The molecule has 2 aromatic rings. The van der Waals surface area contributed by atoms with Gasteiger partial charge in [-0.1, -0.05) is 36.4 Å². The minimum absolute atomic E-state index is 0.00202. The highest BCUT2D eigenvalue weighted by Gasteiger charge is 2.40. The van der Waals surface area contributed by atoms with Crippen LogP contribution >= 0.6 is 0 Å². The summed E-state index contributed by atoms with van der Waals surface area (Å²) in [5.41, 5.74) is 2.82. The summed E-state index contributed by atoms with van der Waals surface area (Å²) in [5.74, 6) is -1.12. The zero-order chi connectivity index (χ0) is 35.7.